The van der Waals surface area contributed by atoms with Crippen LogP contribution in [0.15, 0.2) is 36.4 Å². The van der Waals surface area contributed by atoms with Crippen molar-refractivity contribution >= 4 is 52.4 Å². The van der Waals surface area contributed by atoms with Crippen LogP contribution in [0.5, 0.6) is 5.75 Å². The average molecular weight is 371 g/mol. The SMILES string of the molecule is CCOC(=O)/C=c1\[nH]c(=S)s\c1=C/c1ccc2cc(OC)ccc2c1. The predicted octanol–water partition coefficient (Wildman–Crippen LogP) is 3.14. The van der Waals surface area contributed by atoms with Crippen molar-refractivity contribution in [2.24, 2.45) is 0 Å². The number of hydrogen-bond donors (Lipinski definition) is 1. The van der Waals surface area contributed by atoms with E-state index in [0.29, 0.717) is 15.9 Å². The molecule has 25 heavy (non-hydrogen) atoms. The minimum atomic E-state index is -0.383. The largest absolute Gasteiger partial charge is 0.497 e. The lowest BCUT2D eigenvalue weighted by Gasteiger charge is -2.03. The molecule has 1 N–H and O–H groups in total. The molecule has 0 amide bonds. The summed E-state index contributed by atoms with van der Waals surface area (Å²) >= 11 is 6.64. The summed E-state index contributed by atoms with van der Waals surface area (Å²) in [5, 5.41) is 2.89. The lowest BCUT2D eigenvalue weighted by atomic mass is 10.1. The van der Waals surface area contributed by atoms with Gasteiger partial charge < -0.3 is 14.5 Å². The summed E-state index contributed by atoms with van der Waals surface area (Å²) in [5.41, 5.74) is 1.03. The number of H-pyrrole nitrogens is 1. The van der Waals surface area contributed by atoms with Gasteiger partial charge in [-0.3, -0.25) is 0 Å². The van der Waals surface area contributed by atoms with E-state index in [2.05, 4.69) is 11.1 Å². The van der Waals surface area contributed by atoms with Gasteiger partial charge in [0.05, 0.1) is 23.6 Å². The van der Waals surface area contributed by atoms with E-state index < -0.39 is 0 Å². The van der Waals surface area contributed by atoms with E-state index in [1.807, 2.05) is 36.4 Å². The molecule has 0 unspecified atom stereocenters. The molecule has 6 heteroatoms. The average Bonchev–Trinajstić information content (AvgIpc) is 2.93. The molecule has 2 aromatic carbocycles. The van der Waals surface area contributed by atoms with Crippen LogP contribution in [0.25, 0.3) is 22.9 Å². The molecular weight excluding hydrogens is 354 g/mol. The minimum Gasteiger partial charge on any atom is -0.497 e. The Labute approximate surface area is 154 Å². The van der Waals surface area contributed by atoms with E-state index in [1.165, 1.54) is 17.4 Å². The van der Waals surface area contributed by atoms with Crippen LogP contribution < -0.4 is 14.6 Å². The molecule has 4 nitrogen and oxygen atoms in total. The first kappa shape index (κ1) is 17.4. The number of esters is 1. The first-order valence-electron chi connectivity index (χ1n) is 7.76. The maximum Gasteiger partial charge on any atom is 0.332 e. The molecule has 1 aromatic heterocycles. The lowest BCUT2D eigenvalue weighted by Crippen LogP contribution is -2.23. The van der Waals surface area contributed by atoms with Crippen LogP contribution in [-0.2, 0) is 9.53 Å². The van der Waals surface area contributed by atoms with E-state index in [4.69, 9.17) is 21.7 Å². The zero-order valence-electron chi connectivity index (χ0n) is 13.9. The Hall–Kier alpha value is -2.44. The summed E-state index contributed by atoms with van der Waals surface area (Å²) in [5.74, 6) is 0.450. The molecule has 0 saturated heterocycles. The molecule has 1 heterocycles. The van der Waals surface area contributed by atoms with Crippen molar-refractivity contribution < 1.29 is 14.3 Å². The Morgan fingerprint density at radius 2 is 2.00 bits per heavy atom. The van der Waals surface area contributed by atoms with E-state index >= 15 is 0 Å². The number of hydrogen-bond acceptors (Lipinski definition) is 5. The standard InChI is InChI=1S/C19H17NO3S2/c1-3-23-18(21)11-16-17(25-19(24)20-16)9-12-4-5-14-10-15(22-2)7-6-13(14)8-12/h4-11H,3H2,1-2H3,(H,20,24)/b16-11-,17-9-. The van der Waals surface area contributed by atoms with Crippen molar-refractivity contribution in [2.75, 3.05) is 13.7 Å². The Morgan fingerprint density at radius 1 is 1.24 bits per heavy atom. The fourth-order valence-electron chi connectivity index (χ4n) is 2.48. The Bertz CT molecular complexity index is 1100. The highest BCUT2D eigenvalue weighted by Gasteiger charge is 2.00. The summed E-state index contributed by atoms with van der Waals surface area (Å²) in [6.07, 6.45) is 3.44. The van der Waals surface area contributed by atoms with Gasteiger partial charge in [-0.2, -0.15) is 0 Å². The van der Waals surface area contributed by atoms with Gasteiger partial charge in [0, 0.05) is 6.08 Å². The molecule has 0 saturated carbocycles. The highest BCUT2D eigenvalue weighted by Crippen LogP contribution is 2.22. The van der Waals surface area contributed by atoms with Crippen LogP contribution in [0.1, 0.15) is 12.5 Å². The van der Waals surface area contributed by atoms with Crippen molar-refractivity contribution in [3.05, 3.63) is 55.8 Å². The number of benzene rings is 2. The molecule has 0 spiro atoms. The van der Waals surface area contributed by atoms with Gasteiger partial charge in [0.1, 0.15) is 5.75 Å². The van der Waals surface area contributed by atoms with Gasteiger partial charge >= 0.3 is 5.97 Å². The molecule has 0 fully saturated rings. The third kappa shape index (κ3) is 4.15. The topological polar surface area (TPSA) is 51.3 Å². The zero-order chi connectivity index (χ0) is 17.8. The predicted molar refractivity (Wildman–Crippen MR) is 104 cm³/mol. The molecular formula is C19H17NO3S2. The van der Waals surface area contributed by atoms with Crippen molar-refractivity contribution in [1.82, 2.24) is 4.98 Å². The van der Waals surface area contributed by atoms with Crippen molar-refractivity contribution in [1.29, 1.82) is 0 Å². The number of fused-ring (bicyclic) bond motifs is 1. The van der Waals surface area contributed by atoms with Gasteiger partial charge in [0.25, 0.3) is 0 Å². The summed E-state index contributed by atoms with van der Waals surface area (Å²) in [4.78, 5) is 14.7. The third-order valence-electron chi connectivity index (χ3n) is 3.62. The third-order valence-corrected chi connectivity index (χ3v) is 4.82. The van der Waals surface area contributed by atoms with Crippen LogP contribution in [-0.4, -0.2) is 24.7 Å². The number of thiazole rings is 1. The lowest BCUT2D eigenvalue weighted by molar-refractivity contribution is -0.135. The van der Waals surface area contributed by atoms with E-state index in [0.717, 1.165) is 26.6 Å². The zero-order valence-corrected chi connectivity index (χ0v) is 15.5. The number of carbonyl (C=O) groups excluding carboxylic acids is 1. The monoisotopic (exact) mass is 371 g/mol. The molecule has 0 aliphatic heterocycles. The quantitative estimate of drug-likeness (QED) is 0.565. The second-order valence-corrected chi connectivity index (χ2v) is 7.02. The van der Waals surface area contributed by atoms with E-state index in [9.17, 15) is 4.79 Å². The maximum absolute atomic E-state index is 11.7. The summed E-state index contributed by atoms with van der Waals surface area (Å²) in [7, 11) is 1.66. The summed E-state index contributed by atoms with van der Waals surface area (Å²) in [6.45, 7) is 2.12. The van der Waals surface area contributed by atoms with Crippen molar-refractivity contribution in [3.63, 3.8) is 0 Å². The van der Waals surface area contributed by atoms with Crippen LogP contribution in [0.2, 0.25) is 0 Å². The van der Waals surface area contributed by atoms with Gasteiger partial charge in [-0.05, 0) is 59.8 Å². The second-order valence-electron chi connectivity index (χ2n) is 5.31. The Kier molecular flexibility index (Phi) is 5.31. The molecule has 3 aromatic rings. The molecule has 0 atom stereocenters. The summed E-state index contributed by atoms with van der Waals surface area (Å²) in [6, 6.07) is 12.1. The number of ether oxygens (including phenoxy) is 2. The van der Waals surface area contributed by atoms with Gasteiger partial charge in [0.2, 0.25) is 0 Å². The highest BCUT2D eigenvalue weighted by atomic mass is 32.1. The van der Waals surface area contributed by atoms with Crippen molar-refractivity contribution in [3.8, 4) is 5.75 Å². The molecule has 0 radical (unpaired) electrons. The number of rotatable bonds is 4. The number of aromatic amines is 1. The van der Waals surface area contributed by atoms with Gasteiger partial charge in [-0.25, -0.2) is 4.79 Å². The van der Waals surface area contributed by atoms with Crippen LogP contribution in [0.3, 0.4) is 0 Å². The smallest absolute Gasteiger partial charge is 0.332 e. The fourth-order valence-corrected chi connectivity index (χ4v) is 3.63. The van der Waals surface area contributed by atoms with Crippen LogP contribution in [0.4, 0.5) is 0 Å². The van der Waals surface area contributed by atoms with Gasteiger partial charge in [0.15, 0.2) is 3.95 Å². The number of aromatic nitrogens is 1. The highest BCUT2D eigenvalue weighted by molar-refractivity contribution is 7.73. The first-order chi connectivity index (χ1) is 12.1. The van der Waals surface area contributed by atoms with Crippen LogP contribution in [0, 0.1) is 3.95 Å². The normalized spacial score (nSPS) is 12.6. The molecule has 0 aliphatic rings. The van der Waals surface area contributed by atoms with Crippen molar-refractivity contribution in [2.45, 2.75) is 6.92 Å². The first-order valence-corrected chi connectivity index (χ1v) is 8.98. The maximum atomic E-state index is 11.7. The molecule has 128 valence electrons. The van der Waals surface area contributed by atoms with E-state index in [1.54, 1.807) is 14.0 Å². The number of nitrogens with one attached hydrogen (secondary N) is 1. The molecule has 0 bridgehead atoms. The van der Waals surface area contributed by atoms with E-state index in [-0.39, 0.29) is 5.97 Å². The Balaban J connectivity index is 2.08. The second kappa shape index (κ2) is 7.63. The number of methoxy groups -OCH3 is 1. The Morgan fingerprint density at radius 3 is 2.76 bits per heavy atom. The van der Waals surface area contributed by atoms with Gasteiger partial charge in [-0.15, -0.1) is 11.3 Å². The summed E-state index contributed by atoms with van der Waals surface area (Å²) < 4.78 is 11.7. The van der Waals surface area contributed by atoms with Crippen LogP contribution >= 0.6 is 23.6 Å². The van der Waals surface area contributed by atoms with Gasteiger partial charge in [-0.1, -0.05) is 18.2 Å². The molecule has 0 aliphatic carbocycles. The minimum absolute atomic E-state index is 0.341. The molecule has 3 rings (SSSR count). The number of carbonyl (C=O) groups is 1. The fraction of sp³-hybridized carbons (Fsp3) is 0.158.